The van der Waals surface area contributed by atoms with Gasteiger partial charge in [0.1, 0.15) is 0 Å². The van der Waals surface area contributed by atoms with E-state index >= 15 is 0 Å². The third-order valence-electron chi connectivity index (χ3n) is 3.68. The van der Waals surface area contributed by atoms with Crippen LogP contribution in [0.2, 0.25) is 0 Å². The van der Waals surface area contributed by atoms with Gasteiger partial charge in [-0.1, -0.05) is 36.8 Å². The predicted molar refractivity (Wildman–Crippen MR) is 81.4 cm³/mol. The van der Waals surface area contributed by atoms with Crippen LogP contribution >= 0.6 is 0 Å². The third-order valence-corrected chi connectivity index (χ3v) is 3.68. The van der Waals surface area contributed by atoms with Gasteiger partial charge in [-0.25, -0.2) is 0 Å². The monoisotopic (exact) mass is 261 g/mol. The highest BCUT2D eigenvalue weighted by Gasteiger charge is 2.12. The molecular weight excluding hydrogens is 234 g/mol. The van der Waals surface area contributed by atoms with E-state index in [1.54, 1.807) is 0 Å². The highest BCUT2D eigenvalue weighted by Crippen LogP contribution is 2.04. The highest BCUT2D eigenvalue weighted by molar-refractivity contribution is 5.21. The number of rotatable bonds is 6. The molecule has 1 unspecified atom stereocenters. The first-order chi connectivity index (χ1) is 9.24. The van der Waals surface area contributed by atoms with E-state index in [0.29, 0.717) is 5.92 Å². The minimum atomic E-state index is 0.711. The Balaban J connectivity index is 1.64. The van der Waals surface area contributed by atoms with Gasteiger partial charge in [0.25, 0.3) is 0 Å². The van der Waals surface area contributed by atoms with E-state index < -0.39 is 0 Å². The number of piperazine rings is 1. The van der Waals surface area contributed by atoms with Gasteiger partial charge >= 0.3 is 0 Å². The molecule has 106 valence electrons. The van der Waals surface area contributed by atoms with Crippen LogP contribution in [0.5, 0.6) is 0 Å². The van der Waals surface area contributed by atoms with Crippen LogP contribution in [0.4, 0.5) is 0 Å². The van der Waals surface area contributed by atoms with E-state index in [0.717, 1.165) is 26.2 Å². The van der Waals surface area contributed by atoms with Crippen molar-refractivity contribution in [1.82, 2.24) is 15.5 Å². The molecule has 2 N–H and O–H groups in total. The average molecular weight is 261 g/mol. The van der Waals surface area contributed by atoms with Gasteiger partial charge in [-0.15, -0.1) is 0 Å². The van der Waals surface area contributed by atoms with Crippen LogP contribution in [0.15, 0.2) is 24.3 Å². The van der Waals surface area contributed by atoms with Gasteiger partial charge in [-0.05, 0) is 24.9 Å². The highest BCUT2D eigenvalue weighted by atomic mass is 15.2. The van der Waals surface area contributed by atoms with Gasteiger partial charge < -0.3 is 15.5 Å². The maximum atomic E-state index is 3.58. The first-order valence-electron chi connectivity index (χ1n) is 7.43. The lowest BCUT2D eigenvalue weighted by atomic mass is 10.1. The van der Waals surface area contributed by atoms with E-state index in [4.69, 9.17) is 0 Å². The molecule has 1 atom stereocenters. The van der Waals surface area contributed by atoms with Crippen LogP contribution < -0.4 is 10.6 Å². The molecule has 0 bridgehead atoms. The first-order valence-corrected chi connectivity index (χ1v) is 7.43. The van der Waals surface area contributed by atoms with Crippen molar-refractivity contribution < 1.29 is 0 Å². The molecule has 1 aromatic rings. The van der Waals surface area contributed by atoms with Crippen LogP contribution in [-0.2, 0) is 6.54 Å². The van der Waals surface area contributed by atoms with Gasteiger partial charge in [0.2, 0.25) is 0 Å². The molecule has 0 spiro atoms. The molecule has 0 amide bonds. The van der Waals surface area contributed by atoms with Gasteiger partial charge in [0.15, 0.2) is 0 Å². The van der Waals surface area contributed by atoms with E-state index in [1.165, 1.54) is 30.8 Å². The molecule has 3 heteroatoms. The second kappa shape index (κ2) is 7.63. The summed E-state index contributed by atoms with van der Waals surface area (Å²) in [6.45, 7) is 12.5. The second-order valence-electron chi connectivity index (χ2n) is 5.78. The zero-order valence-corrected chi connectivity index (χ0v) is 12.3. The molecule has 1 saturated heterocycles. The van der Waals surface area contributed by atoms with Crippen molar-refractivity contribution >= 4 is 0 Å². The van der Waals surface area contributed by atoms with Crippen LogP contribution in [0.1, 0.15) is 18.1 Å². The van der Waals surface area contributed by atoms with Crippen LogP contribution in [0, 0.1) is 12.8 Å². The molecule has 2 rings (SSSR count). The number of nitrogens with zero attached hydrogens (tertiary/aromatic N) is 1. The van der Waals surface area contributed by atoms with E-state index in [-0.39, 0.29) is 0 Å². The normalized spacial score (nSPS) is 18.4. The zero-order chi connectivity index (χ0) is 13.5. The van der Waals surface area contributed by atoms with Crippen LogP contribution in [-0.4, -0.2) is 44.2 Å². The quantitative estimate of drug-likeness (QED) is 0.815. The van der Waals surface area contributed by atoms with Crippen LogP contribution in [0.3, 0.4) is 0 Å². The number of hydrogen-bond acceptors (Lipinski definition) is 3. The minimum absolute atomic E-state index is 0.711. The summed E-state index contributed by atoms with van der Waals surface area (Å²) in [5.74, 6) is 0.711. The molecule has 1 aliphatic heterocycles. The molecule has 1 heterocycles. The average Bonchev–Trinajstić information content (AvgIpc) is 2.40. The predicted octanol–water partition coefficient (Wildman–Crippen LogP) is 1.63. The van der Waals surface area contributed by atoms with Gasteiger partial charge in [0.05, 0.1) is 0 Å². The number of benzene rings is 1. The Morgan fingerprint density at radius 1 is 1.32 bits per heavy atom. The Labute approximate surface area is 117 Å². The van der Waals surface area contributed by atoms with Crippen molar-refractivity contribution in [3.8, 4) is 0 Å². The Bertz CT molecular complexity index is 372. The first kappa shape index (κ1) is 14.5. The molecular formula is C16H27N3. The summed E-state index contributed by atoms with van der Waals surface area (Å²) >= 11 is 0. The Morgan fingerprint density at radius 2 is 2.11 bits per heavy atom. The van der Waals surface area contributed by atoms with Crippen molar-refractivity contribution in [2.45, 2.75) is 20.4 Å². The summed E-state index contributed by atoms with van der Waals surface area (Å²) in [6, 6.07) is 8.74. The fraction of sp³-hybridized carbons (Fsp3) is 0.625. The van der Waals surface area contributed by atoms with Crippen molar-refractivity contribution in [3.05, 3.63) is 35.4 Å². The molecule has 19 heavy (non-hydrogen) atoms. The second-order valence-corrected chi connectivity index (χ2v) is 5.78. The van der Waals surface area contributed by atoms with Crippen molar-refractivity contribution in [1.29, 1.82) is 0 Å². The third kappa shape index (κ3) is 5.31. The minimum Gasteiger partial charge on any atom is -0.314 e. The lowest BCUT2D eigenvalue weighted by Crippen LogP contribution is -2.45. The summed E-state index contributed by atoms with van der Waals surface area (Å²) in [4.78, 5) is 2.56. The summed E-state index contributed by atoms with van der Waals surface area (Å²) in [7, 11) is 0. The Morgan fingerprint density at radius 3 is 2.84 bits per heavy atom. The van der Waals surface area contributed by atoms with Crippen molar-refractivity contribution in [3.63, 3.8) is 0 Å². The molecule has 3 nitrogen and oxygen atoms in total. The Kier molecular flexibility index (Phi) is 5.83. The fourth-order valence-corrected chi connectivity index (χ4v) is 2.68. The molecule has 0 aliphatic carbocycles. The molecule has 0 radical (unpaired) electrons. The lowest BCUT2D eigenvalue weighted by molar-refractivity contribution is 0.209. The summed E-state index contributed by atoms with van der Waals surface area (Å²) < 4.78 is 0. The maximum Gasteiger partial charge on any atom is 0.0205 e. The molecule has 0 saturated carbocycles. The van der Waals surface area contributed by atoms with Crippen molar-refractivity contribution in [2.75, 3.05) is 39.3 Å². The summed E-state index contributed by atoms with van der Waals surface area (Å²) in [6.07, 6.45) is 0. The van der Waals surface area contributed by atoms with E-state index in [1.807, 2.05) is 0 Å². The zero-order valence-electron chi connectivity index (χ0n) is 12.3. The SMILES string of the molecule is Cc1cccc(CNCC(C)CN2CCNCC2)c1. The lowest BCUT2D eigenvalue weighted by Gasteiger charge is -2.29. The summed E-state index contributed by atoms with van der Waals surface area (Å²) in [5, 5.41) is 6.98. The molecule has 0 aromatic heterocycles. The topological polar surface area (TPSA) is 27.3 Å². The van der Waals surface area contributed by atoms with Gasteiger partial charge in [0, 0.05) is 39.3 Å². The van der Waals surface area contributed by atoms with E-state index in [9.17, 15) is 0 Å². The summed E-state index contributed by atoms with van der Waals surface area (Å²) in [5.41, 5.74) is 2.72. The van der Waals surface area contributed by atoms with E-state index in [2.05, 4.69) is 53.6 Å². The van der Waals surface area contributed by atoms with Crippen molar-refractivity contribution in [2.24, 2.45) is 5.92 Å². The van der Waals surface area contributed by atoms with Crippen LogP contribution in [0.25, 0.3) is 0 Å². The Hall–Kier alpha value is -0.900. The maximum absolute atomic E-state index is 3.58. The fourth-order valence-electron chi connectivity index (χ4n) is 2.68. The number of hydrogen-bond donors (Lipinski definition) is 2. The number of nitrogens with one attached hydrogen (secondary N) is 2. The van der Waals surface area contributed by atoms with Gasteiger partial charge in [-0.3, -0.25) is 0 Å². The van der Waals surface area contributed by atoms with Gasteiger partial charge in [-0.2, -0.15) is 0 Å². The molecule has 1 aromatic carbocycles. The molecule has 1 aliphatic rings. The molecule has 1 fully saturated rings. The number of aryl methyl sites for hydroxylation is 1. The standard InChI is InChI=1S/C16H27N3/c1-14-4-3-5-16(10-14)12-18-11-15(2)13-19-8-6-17-7-9-19/h3-5,10,15,17-18H,6-9,11-13H2,1-2H3. The largest absolute Gasteiger partial charge is 0.314 e. The smallest absolute Gasteiger partial charge is 0.0205 e.